The Labute approximate surface area is 116 Å². The quantitative estimate of drug-likeness (QED) is 0.763. The fraction of sp³-hybridized carbons (Fsp3) is 0.533. The molecule has 0 radical (unpaired) electrons. The second-order valence-corrected chi connectivity index (χ2v) is 6.15. The fourth-order valence-electron chi connectivity index (χ4n) is 1.91. The molecule has 1 aromatic heterocycles. The molecular weight excluding hydrogens is 237 g/mol. The third-order valence-corrected chi connectivity index (χ3v) is 4.08. The lowest BCUT2D eigenvalue weighted by molar-refractivity contribution is 0.00578. The summed E-state index contributed by atoms with van der Waals surface area (Å²) >= 11 is 0. The van der Waals surface area contributed by atoms with Gasteiger partial charge in [0.15, 0.2) is 0 Å². The van der Waals surface area contributed by atoms with Crippen LogP contribution in [-0.4, -0.2) is 23.3 Å². The second-order valence-electron chi connectivity index (χ2n) is 6.15. The Morgan fingerprint density at radius 3 is 2.21 bits per heavy atom. The van der Waals surface area contributed by atoms with E-state index in [1.807, 2.05) is 25.2 Å². The summed E-state index contributed by atoms with van der Waals surface area (Å²) in [6.45, 7) is 12.3. The van der Waals surface area contributed by atoms with Crippen molar-refractivity contribution in [2.45, 2.75) is 52.7 Å². The maximum Gasteiger partial charge on any atom is 0.487 e. The number of rotatable bonds is 2. The van der Waals surface area contributed by atoms with E-state index in [1.54, 1.807) is 0 Å². The van der Waals surface area contributed by atoms with Gasteiger partial charge in [-0.2, -0.15) is 0 Å². The Bertz CT molecular complexity index is 493. The van der Waals surface area contributed by atoms with Crippen LogP contribution < -0.4 is 0 Å². The lowest BCUT2D eigenvalue weighted by atomic mass is 9.89. The highest BCUT2D eigenvalue weighted by Crippen LogP contribution is 2.36. The first-order valence-electron chi connectivity index (χ1n) is 6.68. The van der Waals surface area contributed by atoms with Crippen LogP contribution in [0, 0.1) is 13.8 Å². The van der Waals surface area contributed by atoms with E-state index in [9.17, 15) is 0 Å². The molecule has 4 heteroatoms. The third kappa shape index (κ3) is 2.90. The lowest BCUT2D eigenvalue weighted by Crippen LogP contribution is -2.41. The smallest absolute Gasteiger partial charge is 0.400 e. The average molecular weight is 259 g/mol. The number of hydrogen-bond donors (Lipinski definition) is 0. The van der Waals surface area contributed by atoms with Gasteiger partial charge in [-0.1, -0.05) is 12.1 Å². The highest BCUT2D eigenvalue weighted by atomic mass is 16.7. The Morgan fingerprint density at radius 1 is 1.11 bits per heavy atom. The fourth-order valence-corrected chi connectivity index (χ4v) is 1.91. The summed E-state index contributed by atoms with van der Waals surface area (Å²) in [6.07, 6.45) is 3.87. The predicted molar refractivity (Wildman–Crippen MR) is 78.8 cm³/mol. The first kappa shape index (κ1) is 14.3. The third-order valence-electron chi connectivity index (χ3n) is 4.08. The molecule has 3 nitrogen and oxygen atoms in total. The molecule has 1 aliphatic rings. The van der Waals surface area contributed by atoms with Crippen LogP contribution in [0.5, 0.6) is 0 Å². The lowest BCUT2D eigenvalue weighted by Gasteiger charge is -2.32. The van der Waals surface area contributed by atoms with Gasteiger partial charge in [-0.05, 0) is 58.7 Å². The number of aromatic nitrogens is 1. The van der Waals surface area contributed by atoms with Gasteiger partial charge in [-0.15, -0.1) is 0 Å². The van der Waals surface area contributed by atoms with Crippen LogP contribution in [0.15, 0.2) is 18.2 Å². The maximum atomic E-state index is 5.91. The van der Waals surface area contributed by atoms with Gasteiger partial charge < -0.3 is 9.31 Å². The molecule has 1 saturated heterocycles. The average Bonchev–Trinajstić information content (AvgIpc) is 2.49. The molecule has 0 N–H and O–H groups in total. The summed E-state index contributed by atoms with van der Waals surface area (Å²) in [5.41, 5.74) is 2.74. The molecule has 0 spiro atoms. The van der Waals surface area contributed by atoms with Crippen molar-refractivity contribution in [2.75, 3.05) is 0 Å². The zero-order valence-corrected chi connectivity index (χ0v) is 12.7. The van der Waals surface area contributed by atoms with Crippen molar-refractivity contribution in [1.82, 2.24) is 4.98 Å². The van der Waals surface area contributed by atoms with E-state index < -0.39 is 0 Å². The monoisotopic (exact) mass is 259 g/mol. The summed E-state index contributed by atoms with van der Waals surface area (Å²) < 4.78 is 11.8. The van der Waals surface area contributed by atoms with E-state index >= 15 is 0 Å². The van der Waals surface area contributed by atoms with E-state index in [4.69, 9.17) is 9.31 Å². The van der Waals surface area contributed by atoms with E-state index in [-0.39, 0.29) is 18.3 Å². The topological polar surface area (TPSA) is 31.4 Å². The van der Waals surface area contributed by atoms with E-state index in [1.165, 1.54) is 5.56 Å². The normalized spacial score (nSPS) is 21.3. The maximum absolute atomic E-state index is 5.91. The first-order chi connectivity index (χ1) is 8.71. The Hall–Kier alpha value is -1.13. The van der Waals surface area contributed by atoms with Gasteiger partial charge in [0.25, 0.3) is 0 Å². The minimum atomic E-state index is -0.299. The van der Waals surface area contributed by atoms with Crippen molar-refractivity contribution in [2.24, 2.45) is 0 Å². The summed E-state index contributed by atoms with van der Waals surface area (Å²) in [5, 5.41) is 0. The molecule has 0 unspecified atom stereocenters. The summed E-state index contributed by atoms with van der Waals surface area (Å²) in [7, 11) is -0.299. The molecule has 1 aromatic rings. The van der Waals surface area contributed by atoms with Crippen molar-refractivity contribution in [1.29, 1.82) is 0 Å². The Kier molecular flexibility index (Phi) is 3.58. The van der Waals surface area contributed by atoms with E-state index in [0.717, 1.165) is 11.3 Å². The molecule has 2 heterocycles. The molecule has 2 rings (SSSR count). The van der Waals surface area contributed by atoms with Crippen LogP contribution in [0.4, 0.5) is 0 Å². The van der Waals surface area contributed by atoms with Gasteiger partial charge in [0.2, 0.25) is 0 Å². The van der Waals surface area contributed by atoms with Gasteiger partial charge in [-0.3, -0.25) is 4.98 Å². The highest BCUT2D eigenvalue weighted by molar-refractivity contribution is 6.52. The molecule has 0 amide bonds. The van der Waals surface area contributed by atoms with Crippen molar-refractivity contribution in [3.8, 4) is 0 Å². The predicted octanol–water partition coefficient (Wildman–Crippen LogP) is 3.34. The molecular formula is C15H22BNO2. The molecule has 1 aliphatic heterocycles. The number of nitrogens with zero attached hydrogens (tertiary/aromatic N) is 1. The minimum Gasteiger partial charge on any atom is -0.400 e. The SMILES string of the molecule is Cc1cc(C=CB2OC(C)(C)C(C)(C)O2)cnc1C. The van der Waals surface area contributed by atoms with Gasteiger partial charge in [0.1, 0.15) is 0 Å². The molecule has 0 aliphatic carbocycles. The standard InChI is InChI=1S/C15H22BNO2/c1-11-9-13(10-17-12(11)2)7-8-16-18-14(3,4)15(5,6)19-16/h7-10H,1-6H3. The van der Waals surface area contributed by atoms with Crippen molar-refractivity contribution >= 4 is 13.2 Å². The van der Waals surface area contributed by atoms with Crippen molar-refractivity contribution in [3.63, 3.8) is 0 Å². The molecule has 102 valence electrons. The van der Waals surface area contributed by atoms with Crippen LogP contribution in [0.2, 0.25) is 0 Å². The number of aryl methyl sites for hydroxylation is 2. The molecule has 0 saturated carbocycles. The van der Waals surface area contributed by atoms with Crippen molar-refractivity contribution < 1.29 is 9.31 Å². The molecule has 0 bridgehead atoms. The number of pyridine rings is 1. The zero-order valence-electron chi connectivity index (χ0n) is 12.7. The van der Waals surface area contributed by atoms with Gasteiger partial charge in [-0.25, -0.2) is 0 Å². The van der Waals surface area contributed by atoms with Gasteiger partial charge in [0.05, 0.1) is 11.2 Å². The van der Waals surface area contributed by atoms with Crippen LogP contribution in [0.1, 0.15) is 44.5 Å². The van der Waals surface area contributed by atoms with Crippen LogP contribution >= 0.6 is 0 Å². The molecule has 0 aromatic carbocycles. The first-order valence-corrected chi connectivity index (χ1v) is 6.68. The summed E-state index contributed by atoms with van der Waals surface area (Å²) in [6, 6.07) is 2.12. The minimum absolute atomic E-state index is 0.288. The Morgan fingerprint density at radius 2 is 1.68 bits per heavy atom. The van der Waals surface area contributed by atoms with E-state index in [2.05, 4.69) is 45.7 Å². The highest BCUT2D eigenvalue weighted by Gasteiger charge is 2.49. The van der Waals surface area contributed by atoms with Gasteiger partial charge >= 0.3 is 7.12 Å². The number of hydrogen-bond acceptors (Lipinski definition) is 3. The second kappa shape index (κ2) is 4.76. The summed E-state index contributed by atoms with van der Waals surface area (Å²) in [5.74, 6) is 1.95. The molecule has 1 fully saturated rings. The van der Waals surface area contributed by atoms with Crippen molar-refractivity contribution in [3.05, 3.63) is 35.1 Å². The van der Waals surface area contributed by atoms with Crippen LogP contribution in [0.3, 0.4) is 0 Å². The molecule has 0 atom stereocenters. The van der Waals surface area contributed by atoms with Gasteiger partial charge in [0, 0.05) is 11.9 Å². The van der Waals surface area contributed by atoms with E-state index in [0.29, 0.717) is 0 Å². The summed E-state index contributed by atoms with van der Waals surface area (Å²) in [4.78, 5) is 4.35. The Balaban J connectivity index is 2.10. The van der Waals surface area contributed by atoms with Crippen LogP contribution in [0.25, 0.3) is 6.08 Å². The van der Waals surface area contributed by atoms with Crippen LogP contribution in [-0.2, 0) is 9.31 Å². The largest absolute Gasteiger partial charge is 0.487 e. The molecule has 19 heavy (non-hydrogen) atoms. The zero-order chi connectivity index (χ0) is 14.3.